The molecule has 0 radical (unpaired) electrons. The van der Waals surface area contributed by atoms with Gasteiger partial charge < -0.3 is 23.9 Å². The van der Waals surface area contributed by atoms with Crippen molar-refractivity contribution in [3.05, 3.63) is 42.4 Å². The third kappa shape index (κ3) is 9.69. The average Bonchev–Trinajstić information content (AvgIpc) is 3.59. The zero-order chi connectivity index (χ0) is 30.0. The van der Waals surface area contributed by atoms with Crippen LogP contribution in [0.1, 0.15) is 79.0 Å². The van der Waals surface area contributed by atoms with Gasteiger partial charge in [-0.1, -0.05) is 57.0 Å². The number of hydrogen-bond acceptors (Lipinski definition) is 8. The summed E-state index contributed by atoms with van der Waals surface area (Å²) in [7, 11) is 1.59. The molecule has 1 unspecified atom stereocenters. The SMILES string of the molecule is COCC[C@H](CC1(C(=O)NC(Cc2ncc(-c3ccccc3)o2)C(=O)OCC(C)C)CCCC1)C(=O)OC(C)(C)C. The second kappa shape index (κ2) is 14.6. The van der Waals surface area contributed by atoms with Crippen molar-refractivity contribution in [3.8, 4) is 11.3 Å². The standard InChI is InChI=1S/C32H46N2O7/c1-22(2)21-39-29(36)25(18-27-33-20-26(40-27)23-12-8-7-9-13-23)34-30(37)32(15-10-11-16-32)19-24(14-17-38-6)28(35)41-31(3,4)5/h7-9,12-13,20,22,24-25H,10-11,14-19,21H2,1-6H3,(H,34,37)/t24-,25?/m1/s1. The number of rotatable bonds is 14. The maximum atomic E-state index is 14.0. The molecule has 1 fully saturated rings. The molecule has 1 heterocycles. The van der Waals surface area contributed by atoms with Gasteiger partial charge in [-0.2, -0.15) is 0 Å². The number of oxazole rings is 1. The molecule has 0 saturated heterocycles. The van der Waals surface area contributed by atoms with E-state index in [1.165, 1.54) is 0 Å². The van der Waals surface area contributed by atoms with E-state index in [1.54, 1.807) is 13.3 Å². The van der Waals surface area contributed by atoms with E-state index in [-0.39, 0.29) is 30.8 Å². The van der Waals surface area contributed by atoms with Gasteiger partial charge in [-0.05, 0) is 52.4 Å². The van der Waals surface area contributed by atoms with E-state index in [9.17, 15) is 14.4 Å². The van der Waals surface area contributed by atoms with Crippen molar-refractivity contribution in [2.75, 3.05) is 20.3 Å². The fraction of sp³-hybridized carbons (Fsp3) is 0.625. The number of nitrogens with zero attached hydrogens (tertiary/aromatic N) is 1. The molecule has 41 heavy (non-hydrogen) atoms. The molecule has 1 aromatic heterocycles. The number of carbonyl (C=O) groups is 3. The van der Waals surface area contributed by atoms with Crippen LogP contribution < -0.4 is 5.32 Å². The largest absolute Gasteiger partial charge is 0.464 e. The van der Waals surface area contributed by atoms with Crippen LogP contribution >= 0.6 is 0 Å². The Bertz CT molecular complexity index is 1130. The first-order chi connectivity index (χ1) is 19.4. The molecular weight excluding hydrogens is 524 g/mol. The molecule has 2 atom stereocenters. The quantitative estimate of drug-likeness (QED) is 0.296. The molecular formula is C32H46N2O7. The Labute approximate surface area is 243 Å². The van der Waals surface area contributed by atoms with Crippen LogP contribution in [0.4, 0.5) is 0 Å². The molecule has 0 bridgehead atoms. The molecule has 1 saturated carbocycles. The minimum absolute atomic E-state index is 0.0464. The van der Waals surface area contributed by atoms with E-state index in [2.05, 4.69) is 10.3 Å². The van der Waals surface area contributed by atoms with Gasteiger partial charge in [0.2, 0.25) is 5.91 Å². The van der Waals surface area contributed by atoms with Crippen LogP contribution in [0.2, 0.25) is 0 Å². The van der Waals surface area contributed by atoms with Gasteiger partial charge in [-0.3, -0.25) is 9.59 Å². The number of carbonyl (C=O) groups excluding carboxylic acids is 3. The zero-order valence-corrected chi connectivity index (χ0v) is 25.4. The van der Waals surface area contributed by atoms with Crippen molar-refractivity contribution < 1.29 is 33.0 Å². The molecule has 1 aromatic carbocycles. The van der Waals surface area contributed by atoms with E-state index in [0.29, 0.717) is 43.9 Å². The Morgan fingerprint density at radius 3 is 2.37 bits per heavy atom. The summed E-state index contributed by atoms with van der Waals surface area (Å²) >= 11 is 0. The number of benzene rings is 1. The lowest BCUT2D eigenvalue weighted by Crippen LogP contribution is -2.50. The number of methoxy groups -OCH3 is 1. The topological polar surface area (TPSA) is 117 Å². The Morgan fingerprint density at radius 2 is 1.76 bits per heavy atom. The minimum atomic E-state index is -0.986. The smallest absolute Gasteiger partial charge is 0.329 e. The van der Waals surface area contributed by atoms with Gasteiger partial charge in [0, 0.05) is 19.3 Å². The molecule has 226 valence electrons. The summed E-state index contributed by atoms with van der Waals surface area (Å²) in [5, 5.41) is 2.97. The fourth-order valence-electron chi connectivity index (χ4n) is 5.16. The van der Waals surface area contributed by atoms with E-state index in [4.69, 9.17) is 18.6 Å². The third-order valence-corrected chi connectivity index (χ3v) is 7.23. The van der Waals surface area contributed by atoms with Gasteiger partial charge in [-0.25, -0.2) is 9.78 Å². The van der Waals surface area contributed by atoms with Crippen molar-refractivity contribution in [3.63, 3.8) is 0 Å². The van der Waals surface area contributed by atoms with Crippen molar-refractivity contribution >= 4 is 17.8 Å². The Hall–Kier alpha value is -3.20. The highest BCUT2D eigenvalue weighted by molar-refractivity contribution is 5.89. The second-order valence-corrected chi connectivity index (χ2v) is 12.4. The Balaban J connectivity index is 1.82. The Morgan fingerprint density at radius 1 is 1.07 bits per heavy atom. The molecule has 1 N–H and O–H groups in total. The van der Waals surface area contributed by atoms with Gasteiger partial charge in [0.15, 0.2) is 11.7 Å². The highest BCUT2D eigenvalue weighted by Gasteiger charge is 2.46. The Kier molecular flexibility index (Phi) is 11.5. The first-order valence-corrected chi connectivity index (χ1v) is 14.6. The molecule has 1 aliphatic carbocycles. The predicted molar refractivity (Wildman–Crippen MR) is 155 cm³/mol. The van der Waals surface area contributed by atoms with Crippen molar-refractivity contribution in [2.24, 2.45) is 17.3 Å². The predicted octanol–water partition coefficient (Wildman–Crippen LogP) is 5.51. The van der Waals surface area contributed by atoms with Crippen LogP contribution in [0, 0.1) is 17.3 Å². The first kappa shape index (κ1) is 32.3. The van der Waals surface area contributed by atoms with Crippen LogP contribution in [-0.2, 0) is 35.0 Å². The molecule has 1 aliphatic rings. The summed E-state index contributed by atoms with van der Waals surface area (Å²) in [6.07, 6.45) is 5.39. The van der Waals surface area contributed by atoms with Gasteiger partial charge >= 0.3 is 11.9 Å². The number of aromatic nitrogens is 1. The molecule has 0 spiro atoms. The number of nitrogens with one attached hydrogen (secondary N) is 1. The average molecular weight is 571 g/mol. The molecule has 1 amide bonds. The summed E-state index contributed by atoms with van der Waals surface area (Å²) in [6, 6.07) is 8.56. The van der Waals surface area contributed by atoms with E-state index in [1.807, 2.05) is 65.0 Å². The summed E-state index contributed by atoms with van der Waals surface area (Å²) in [4.78, 5) is 44.7. The molecule has 2 aromatic rings. The highest BCUT2D eigenvalue weighted by atomic mass is 16.6. The van der Waals surface area contributed by atoms with Crippen molar-refractivity contribution in [1.82, 2.24) is 10.3 Å². The third-order valence-electron chi connectivity index (χ3n) is 7.23. The lowest BCUT2D eigenvalue weighted by atomic mass is 9.75. The number of ether oxygens (including phenoxy) is 3. The maximum Gasteiger partial charge on any atom is 0.329 e. The summed E-state index contributed by atoms with van der Waals surface area (Å²) < 4.78 is 22.5. The first-order valence-electron chi connectivity index (χ1n) is 14.6. The number of esters is 2. The number of hydrogen-bond donors (Lipinski definition) is 1. The van der Waals surface area contributed by atoms with Crippen LogP contribution in [0.15, 0.2) is 40.9 Å². The normalized spacial score (nSPS) is 16.3. The van der Waals surface area contributed by atoms with Crippen molar-refractivity contribution in [2.45, 2.75) is 91.2 Å². The molecule has 9 heteroatoms. The summed E-state index contributed by atoms with van der Waals surface area (Å²) in [6.45, 7) is 9.99. The summed E-state index contributed by atoms with van der Waals surface area (Å²) in [5.41, 5.74) is -0.589. The van der Waals surface area contributed by atoms with Gasteiger partial charge in [-0.15, -0.1) is 0 Å². The van der Waals surface area contributed by atoms with E-state index < -0.39 is 28.9 Å². The van der Waals surface area contributed by atoms with Crippen LogP contribution in [0.3, 0.4) is 0 Å². The molecule has 3 rings (SSSR count). The highest BCUT2D eigenvalue weighted by Crippen LogP contribution is 2.44. The van der Waals surface area contributed by atoms with Crippen LogP contribution in [0.5, 0.6) is 0 Å². The number of amides is 1. The van der Waals surface area contributed by atoms with Crippen molar-refractivity contribution in [1.29, 1.82) is 0 Å². The second-order valence-electron chi connectivity index (χ2n) is 12.4. The van der Waals surface area contributed by atoms with E-state index in [0.717, 1.165) is 18.4 Å². The zero-order valence-electron chi connectivity index (χ0n) is 25.4. The lowest BCUT2D eigenvalue weighted by molar-refractivity contribution is -0.162. The van der Waals surface area contributed by atoms with E-state index >= 15 is 0 Å². The minimum Gasteiger partial charge on any atom is -0.464 e. The van der Waals surface area contributed by atoms with Crippen LogP contribution in [-0.4, -0.2) is 54.8 Å². The molecule has 0 aliphatic heterocycles. The molecule has 9 nitrogen and oxygen atoms in total. The summed E-state index contributed by atoms with van der Waals surface area (Å²) in [5.74, 6) is -0.614. The monoisotopic (exact) mass is 570 g/mol. The fourth-order valence-corrected chi connectivity index (χ4v) is 5.16. The van der Waals surface area contributed by atoms with Gasteiger partial charge in [0.05, 0.1) is 30.6 Å². The lowest BCUT2D eigenvalue weighted by Gasteiger charge is -2.33. The van der Waals surface area contributed by atoms with Crippen LogP contribution in [0.25, 0.3) is 11.3 Å². The maximum absolute atomic E-state index is 14.0. The van der Waals surface area contributed by atoms with Gasteiger partial charge in [0.25, 0.3) is 0 Å². The van der Waals surface area contributed by atoms with Gasteiger partial charge in [0.1, 0.15) is 11.6 Å².